The lowest BCUT2D eigenvalue weighted by Crippen LogP contribution is -2.19. The van der Waals surface area contributed by atoms with Crippen molar-refractivity contribution >= 4 is 11.8 Å². The largest absolute Gasteiger partial charge is 0.378 e. The molecule has 4 atom stereocenters. The van der Waals surface area contributed by atoms with Gasteiger partial charge in [-0.25, -0.2) is 0 Å². The molecule has 0 amide bonds. The Kier molecular flexibility index (Phi) is 11.6. The van der Waals surface area contributed by atoms with Gasteiger partial charge in [-0.3, -0.25) is 0 Å². The first-order valence-corrected chi connectivity index (χ1v) is 12.3. The minimum absolute atomic E-state index is 0.577. The van der Waals surface area contributed by atoms with E-state index >= 15 is 0 Å². The SMILES string of the molecule is CCC(CCCCSCCCCC(CC)C1CCCO1)C1CCCO1. The fraction of sp³-hybridized carbons (Fsp3) is 1.00. The third-order valence-corrected chi connectivity index (χ3v) is 7.41. The topological polar surface area (TPSA) is 18.5 Å². The maximum absolute atomic E-state index is 5.88. The molecule has 2 nitrogen and oxygen atoms in total. The Labute approximate surface area is 161 Å². The fourth-order valence-electron chi connectivity index (χ4n) is 4.58. The van der Waals surface area contributed by atoms with Gasteiger partial charge in [0.25, 0.3) is 0 Å². The van der Waals surface area contributed by atoms with Crippen LogP contribution in [0.4, 0.5) is 0 Å². The predicted molar refractivity (Wildman–Crippen MR) is 111 cm³/mol. The zero-order valence-corrected chi connectivity index (χ0v) is 17.7. The van der Waals surface area contributed by atoms with Gasteiger partial charge in [0.2, 0.25) is 0 Å². The van der Waals surface area contributed by atoms with E-state index < -0.39 is 0 Å². The molecule has 0 aromatic rings. The summed E-state index contributed by atoms with van der Waals surface area (Å²) in [6, 6.07) is 0. The number of hydrogen-bond acceptors (Lipinski definition) is 3. The summed E-state index contributed by atoms with van der Waals surface area (Å²) < 4.78 is 11.8. The van der Waals surface area contributed by atoms with E-state index in [2.05, 4.69) is 25.6 Å². The van der Waals surface area contributed by atoms with Gasteiger partial charge in [-0.15, -0.1) is 0 Å². The Hall–Kier alpha value is 0.270. The minimum Gasteiger partial charge on any atom is -0.378 e. The Morgan fingerprint density at radius 3 is 1.60 bits per heavy atom. The van der Waals surface area contributed by atoms with E-state index in [4.69, 9.17) is 9.47 Å². The van der Waals surface area contributed by atoms with Crippen molar-refractivity contribution in [3.05, 3.63) is 0 Å². The minimum atomic E-state index is 0.577. The second kappa shape index (κ2) is 13.4. The summed E-state index contributed by atoms with van der Waals surface area (Å²) in [6.07, 6.45) is 17.2. The number of unbranched alkanes of at least 4 members (excludes halogenated alkanes) is 2. The maximum Gasteiger partial charge on any atom is 0.0604 e. The van der Waals surface area contributed by atoms with E-state index in [-0.39, 0.29) is 0 Å². The van der Waals surface area contributed by atoms with E-state index in [0.717, 1.165) is 25.0 Å². The molecule has 0 spiro atoms. The Morgan fingerprint density at radius 2 is 1.24 bits per heavy atom. The van der Waals surface area contributed by atoms with Crippen LogP contribution in [0.5, 0.6) is 0 Å². The van der Waals surface area contributed by atoms with Gasteiger partial charge in [-0.05, 0) is 74.7 Å². The Morgan fingerprint density at radius 1 is 0.760 bits per heavy atom. The van der Waals surface area contributed by atoms with Crippen LogP contribution in [0.15, 0.2) is 0 Å². The summed E-state index contributed by atoms with van der Waals surface area (Å²) in [5.41, 5.74) is 0. The quantitative estimate of drug-likeness (QED) is 0.326. The fourth-order valence-corrected chi connectivity index (χ4v) is 5.60. The van der Waals surface area contributed by atoms with Crippen molar-refractivity contribution in [3.8, 4) is 0 Å². The summed E-state index contributed by atoms with van der Waals surface area (Å²) in [7, 11) is 0. The lowest BCUT2D eigenvalue weighted by molar-refractivity contribution is 0.0570. The highest BCUT2D eigenvalue weighted by Gasteiger charge is 2.24. The van der Waals surface area contributed by atoms with E-state index in [1.54, 1.807) is 0 Å². The average molecular weight is 371 g/mol. The van der Waals surface area contributed by atoms with Crippen LogP contribution < -0.4 is 0 Å². The zero-order valence-electron chi connectivity index (χ0n) is 16.8. The summed E-state index contributed by atoms with van der Waals surface area (Å²) in [5, 5.41) is 0. The first-order valence-electron chi connectivity index (χ1n) is 11.2. The number of thioether (sulfide) groups is 1. The molecule has 0 radical (unpaired) electrons. The summed E-state index contributed by atoms with van der Waals surface area (Å²) in [6.45, 7) is 6.67. The molecule has 2 aliphatic heterocycles. The highest BCUT2D eigenvalue weighted by molar-refractivity contribution is 7.99. The Balaban J connectivity index is 1.40. The molecule has 2 aliphatic rings. The van der Waals surface area contributed by atoms with Gasteiger partial charge >= 0.3 is 0 Å². The molecule has 0 aromatic carbocycles. The van der Waals surface area contributed by atoms with Crippen LogP contribution in [0.3, 0.4) is 0 Å². The highest BCUT2D eigenvalue weighted by Crippen LogP contribution is 2.28. The van der Waals surface area contributed by atoms with E-state index in [9.17, 15) is 0 Å². The molecule has 2 saturated heterocycles. The molecule has 4 unspecified atom stereocenters. The summed E-state index contributed by atoms with van der Waals surface area (Å²) in [5.74, 6) is 4.34. The maximum atomic E-state index is 5.88. The first-order chi connectivity index (χ1) is 12.3. The molecule has 0 aliphatic carbocycles. The molecular formula is C22H42O2S. The van der Waals surface area contributed by atoms with E-state index in [0.29, 0.717) is 12.2 Å². The van der Waals surface area contributed by atoms with Crippen molar-refractivity contribution in [2.24, 2.45) is 11.8 Å². The molecule has 0 bridgehead atoms. The van der Waals surface area contributed by atoms with Gasteiger partial charge in [-0.1, -0.05) is 39.5 Å². The van der Waals surface area contributed by atoms with Gasteiger partial charge in [-0.2, -0.15) is 11.8 Å². The normalized spacial score (nSPS) is 26.2. The summed E-state index contributed by atoms with van der Waals surface area (Å²) in [4.78, 5) is 0. The van der Waals surface area contributed by atoms with Crippen molar-refractivity contribution in [1.29, 1.82) is 0 Å². The third kappa shape index (κ3) is 8.22. The molecule has 25 heavy (non-hydrogen) atoms. The van der Waals surface area contributed by atoms with Crippen molar-refractivity contribution in [1.82, 2.24) is 0 Å². The molecule has 0 saturated carbocycles. The van der Waals surface area contributed by atoms with Crippen molar-refractivity contribution < 1.29 is 9.47 Å². The number of ether oxygens (including phenoxy) is 2. The molecule has 0 N–H and O–H groups in total. The van der Waals surface area contributed by atoms with Gasteiger partial charge in [0.05, 0.1) is 12.2 Å². The predicted octanol–water partition coefficient (Wildman–Crippen LogP) is 6.47. The molecule has 0 aromatic heterocycles. The zero-order chi connectivity index (χ0) is 17.7. The van der Waals surface area contributed by atoms with Crippen LogP contribution in [-0.2, 0) is 9.47 Å². The highest BCUT2D eigenvalue weighted by atomic mass is 32.2. The van der Waals surface area contributed by atoms with Gasteiger partial charge in [0.15, 0.2) is 0 Å². The van der Waals surface area contributed by atoms with E-state index in [1.165, 1.54) is 88.6 Å². The van der Waals surface area contributed by atoms with Crippen LogP contribution in [-0.4, -0.2) is 36.9 Å². The molecule has 3 heteroatoms. The van der Waals surface area contributed by atoms with Crippen LogP contribution in [0, 0.1) is 11.8 Å². The standard InChI is InChI=1S/C22H42O2S/c1-3-19(21-13-9-15-23-21)11-5-7-17-25-18-8-6-12-20(4-2)22-14-10-16-24-22/h19-22H,3-18H2,1-2H3. The van der Waals surface area contributed by atoms with Crippen LogP contribution >= 0.6 is 11.8 Å². The summed E-state index contributed by atoms with van der Waals surface area (Å²) >= 11 is 2.17. The third-order valence-electron chi connectivity index (χ3n) is 6.26. The van der Waals surface area contributed by atoms with Crippen molar-refractivity contribution in [3.63, 3.8) is 0 Å². The second-order valence-corrected chi connectivity index (χ2v) is 9.27. The Bertz CT molecular complexity index is 281. The van der Waals surface area contributed by atoms with Crippen LogP contribution in [0.1, 0.15) is 90.9 Å². The average Bonchev–Trinajstić information content (AvgIpc) is 3.34. The smallest absolute Gasteiger partial charge is 0.0604 e. The number of hydrogen-bond donors (Lipinski definition) is 0. The number of rotatable bonds is 14. The lowest BCUT2D eigenvalue weighted by atomic mass is 9.92. The van der Waals surface area contributed by atoms with Gasteiger partial charge in [0.1, 0.15) is 0 Å². The van der Waals surface area contributed by atoms with Crippen molar-refractivity contribution in [2.45, 2.75) is 103 Å². The van der Waals surface area contributed by atoms with Crippen molar-refractivity contribution in [2.75, 3.05) is 24.7 Å². The van der Waals surface area contributed by atoms with Crippen LogP contribution in [0.2, 0.25) is 0 Å². The lowest BCUT2D eigenvalue weighted by Gasteiger charge is -2.21. The van der Waals surface area contributed by atoms with Crippen LogP contribution in [0.25, 0.3) is 0 Å². The molecule has 2 rings (SSSR count). The molecule has 2 fully saturated rings. The van der Waals surface area contributed by atoms with Gasteiger partial charge < -0.3 is 9.47 Å². The van der Waals surface area contributed by atoms with Gasteiger partial charge in [0, 0.05) is 13.2 Å². The molecule has 2 heterocycles. The monoisotopic (exact) mass is 370 g/mol. The second-order valence-electron chi connectivity index (χ2n) is 8.04. The molecule has 148 valence electrons. The van der Waals surface area contributed by atoms with E-state index in [1.807, 2.05) is 0 Å². The first kappa shape index (κ1) is 21.6. The molecular weight excluding hydrogens is 328 g/mol.